The van der Waals surface area contributed by atoms with E-state index >= 15 is 0 Å². The van der Waals surface area contributed by atoms with Crippen LogP contribution >= 0.6 is 0 Å². The molecule has 3 N–H and O–H groups in total. The molecule has 0 unspecified atom stereocenters. The number of amides is 1. The lowest BCUT2D eigenvalue weighted by Crippen LogP contribution is -2.13. The van der Waals surface area contributed by atoms with Crippen molar-refractivity contribution in [1.82, 2.24) is 15.0 Å². The van der Waals surface area contributed by atoms with E-state index < -0.39 is 6.09 Å². The van der Waals surface area contributed by atoms with Gasteiger partial charge in [-0.25, -0.2) is 19.7 Å². The quantitative estimate of drug-likeness (QED) is 0.200. The number of ether oxygens (including phenoxy) is 2. The Morgan fingerprint density at radius 3 is 1.70 bits per heavy atom. The van der Waals surface area contributed by atoms with Gasteiger partial charge in [-0.3, -0.25) is 0 Å². The molecule has 1 amide bonds. The second-order valence-corrected chi connectivity index (χ2v) is 10.1. The normalized spacial score (nSPS) is 10.9. The summed E-state index contributed by atoms with van der Waals surface area (Å²) < 4.78 is 10.6. The van der Waals surface area contributed by atoms with E-state index in [0.29, 0.717) is 42.0 Å². The van der Waals surface area contributed by atoms with Crippen LogP contribution in [0.5, 0.6) is 11.5 Å². The molecule has 0 atom stereocenters. The SMILES string of the molecule is Cc1ccc(-c2nc(-c3ccc(C)cc3C)nc(-c3ccc(OCCCCCCOC(N)=O)cc3O)n2)c(C)c1. The maximum atomic E-state index is 11.0. The fraction of sp³-hybridized carbons (Fsp3) is 0.312. The molecule has 0 saturated heterocycles. The Balaban J connectivity index is 1.57. The van der Waals surface area contributed by atoms with Crippen molar-refractivity contribution in [3.05, 3.63) is 76.9 Å². The van der Waals surface area contributed by atoms with Crippen molar-refractivity contribution in [2.75, 3.05) is 13.2 Å². The third-order valence-corrected chi connectivity index (χ3v) is 6.64. The van der Waals surface area contributed by atoms with Gasteiger partial charge in [-0.05, 0) is 76.6 Å². The predicted molar refractivity (Wildman–Crippen MR) is 156 cm³/mol. The van der Waals surface area contributed by atoms with Crippen LogP contribution in [0.3, 0.4) is 0 Å². The summed E-state index contributed by atoms with van der Waals surface area (Å²) in [4.78, 5) is 25.0. The fourth-order valence-electron chi connectivity index (χ4n) is 4.58. The molecule has 0 aliphatic carbocycles. The largest absolute Gasteiger partial charge is 0.507 e. The number of nitrogens with two attached hydrogens (primary N) is 1. The van der Waals surface area contributed by atoms with Crippen molar-refractivity contribution in [3.8, 4) is 45.7 Å². The average Bonchev–Trinajstić information content (AvgIpc) is 2.90. The average molecular weight is 541 g/mol. The maximum Gasteiger partial charge on any atom is 0.404 e. The lowest BCUT2D eigenvalue weighted by atomic mass is 10.0. The Morgan fingerprint density at radius 2 is 1.20 bits per heavy atom. The first kappa shape index (κ1) is 28.5. The van der Waals surface area contributed by atoms with Gasteiger partial charge >= 0.3 is 6.09 Å². The lowest BCUT2D eigenvalue weighted by Gasteiger charge is -2.13. The topological polar surface area (TPSA) is 120 Å². The molecule has 3 aromatic carbocycles. The number of hydrogen-bond acceptors (Lipinski definition) is 7. The van der Waals surface area contributed by atoms with Crippen LogP contribution in [0.4, 0.5) is 4.79 Å². The van der Waals surface area contributed by atoms with E-state index in [-0.39, 0.29) is 5.75 Å². The number of hydrogen-bond donors (Lipinski definition) is 2. The molecule has 8 heteroatoms. The first-order valence-corrected chi connectivity index (χ1v) is 13.5. The molecular weight excluding hydrogens is 504 g/mol. The molecule has 4 aromatic rings. The second-order valence-electron chi connectivity index (χ2n) is 10.1. The van der Waals surface area contributed by atoms with Crippen LogP contribution in [-0.4, -0.2) is 39.4 Å². The highest BCUT2D eigenvalue weighted by molar-refractivity contribution is 5.72. The molecule has 0 bridgehead atoms. The van der Waals surface area contributed by atoms with Crippen LogP contribution in [0.1, 0.15) is 47.9 Å². The monoisotopic (exact) mass is 540 g/mol. The lowest BCUT2D eigenvalue weighted by molar-refractivity contribution is 0.154. The molecule has 0 aliphatic rings. The number of nitrogens with zero attached hydrogens (tertiary/aromatic N) is 3. The van der Waals surface area contributed by atoms with Gasteiger partial charge in [0.1, 0.15) is 11.5 Å². The number of primary amides is 1. The third-order valence-electron chi connectivity index (χ3n) is 6.64. The van der Waals surface area contributed by atoms with Crippen molar-refractivity contribution in [2.24, 2.45) is 5.73 Å². The van der Waals surface area contributed by atoms with Gasteiger partial charge in [0.25, 0.3) is 0 Å². The molecule has 0 radical (unpaired) electrons. The van der Waals surface area contributed by atoms with Gasteiger partial charge in [0.05, 0.1) is 18.8 Å². The minimum absolute atomic E-state index is 0.0328. The summed E-state index contributed by atoms with van der Waals surface area (Å²) in [6.07, 6.45) is 2.70. The van der Waals surface area contributed by atoms with Crippen molar-refractivity contribution in [3.63, 3.8) is 0 Å². The Morgan fingerprint density at radius 1 is 0.700 bits per heavy atom. The van der Waals surface area contributed by atoms with Gasteiger partial charge in [0.15, 0.2) is 17.5 Å². The summed E-state index contributed by atoms with van der Waals surface area (Å²) in [7, 11) is 0. The number of phenolic OH excluding ortho intramolecular Hbond substituents is 1. The number of aryl methyl sites for hydroxylation is 4. The van der Waals surface area contributed by atoms with Gasteiger partial charge in [-0.15, -0.1) is 0 Å². The third kappa shape index (κ3) is 7.34. The Bertz CT molecular complexity index is 1430. The van der Waals surface area contributed by atoms with E-state index in [9.17, 15) is 9.90 Å². The number of rotatable bonds is 11. The molecule has 4 rings (SSSR count). The molecule has 0 saturated carbocycles. The first-order chi connectivity index (χ1) is 19.2. The zero-order valence-corrected chi connectivity index (χ0v) is 23.5. The molecular formula is C32H36N4O4. The summed E-state index contributed by atoms with van der Waals surface area (Å²) in [5.41, 5.74) is 11.8. The minimum atomic E-state index is -0.744. The van der Waals surface area contributed by atoms with Crippen LogP contribution in [0.15, 0.2) is 54.6 Å². The first-order valence-electron chi connectivity index (χ1n) is 13.5. The molecule has 0 aliphatic heterocycles. The molecule has 8 nitrogen and oxygen atoms in total. The highest BCUT2D eigenvalue weighted by atomic mass is 16.5. The number of carbonyl (C=O) groups is 1. The molecule has 0 spiro atoms. The number of aromatic nitrogens is 3. The summed E-state index contributed by atoms with van der Waals surface area (Å²) in [5, 5.41) is 11.0. The van der Waals surface area contributed by atoms with E-state index in [4.69, 9.17) is 30.2 Å². The van der Waals surface area contributed by atoms with Gasteiger partial charge in [0, 0.05) is 17.2 Å². The second kappa shape index (κ2) is 13.1. The standard InChI is InChI=1S/C32H36N4O4/c1-20-9-12-25(22(3)17-20)29-34-30(26-13-10-21(2)18-23(26)4)36-31(35-29)27-14-11-24(19-28(27)37)39-15-7-5-6-8-16-40-32(33)38/h9-14,17-19,37H,5-8,15-16H2,1-4H3,(H2,33,38). The van der Waals surface area contributed by atoms with Crippen molar-refractivity contribution in [2.45, 2.75) is 53.4 Å². The van der Waals surface area contributed by atoms with Crippen LogP contribution in [-0.2, 0) is 4.74 Å². The Labute approximate surface area is 235 Å². The fourth-order valence-corrected chi connectivity index (χ4v) is 4.58. The molecule has 0 fully saturated rings. The van der Waals surface area contributed by atoms with Crippen LogP contribution in [0.25, 0.3) is 34.2 Å². The van der Waals surface area contributed by atoms with Gasteiger partial charge in [-0.2, -0.15) is 0 Å². The van der Waals surface area contributed by atoms with Gasteiger partial charge in [0.2, 0.25) is 0 Å². The Hall–Kier alpha value is -4.46. The summed E-state index contributed by atoms with van der Waals surface area (Å²) in [5.74, 6) is 2.10. The highest BCUT2D eigenvalue weighted by Crippen LogP contribution is 2.34. The van der Waals surface area contributed by atoms with Crippen LogP contribution < -0.4 is 10.5 Å². The molecule has 1 aromatic heterocycles. The van der Waals surface area contributed by atoms with E-state index in [1.807, 2.05) is 44.2 Å². The van der Waals surface area contributed by atoms with E-state index in [2.05, 4.69) is 26.0 Å². The van der Waals surface area contributed by atoms with Crippen molar-refractivity contribution < 1.29 is 19.4 Å². The summed E-state index contributed by atoms with van der Waals surface area (Å²) >= 11 is 0. The molecule has 1 heterocycles. The smallest absolute Gasteiger partial charge is 0.404 e. The minimum Gasteiger partial charge on any atom is -0.507 e. The van der Waals surface area contributed by atoms with E-state index in [1.54, 1.807) is 12.1 Å². The maximum absolute atomic E-state index is 11.0. The molecule has 40 heavy (non-hydrogen) atoms. The number of phenols is 1. The zero-order valence-electron chi connectivity index (χ0n) is 23.5. The van der Waals surface area contributed by atoms with Crippen LogP contribution in [0, 0.1) is 27.7 Å². The predicted octanol–water partition coefficient (Wildman–Crippen LogP) is 6.85. The van der Waals surface area contributed by atoms with E-state index in [0.717, 1.165) is 59.1 Å². The van der Waals surface area contributed by atoms with Gasteiger partial charge < -0.3 is 20.3 Å². The highest BCUT2D eigenvalue weighted by Gasteiger charge is 2.17. The Kier molecular flexibility index (Phi) is 9.32. The van der Waals surface area contributed by atoms with Gasteiger partial charge in [-0.1, -0.05) is 47.5 Å². The number of aromatic hydroxyl groups is 1. The number of benzene rings is 3. The molecule has 208 valence electrons. The van der Waals surface area contributed by atoms with Crippen molar-refractivity contribution in [1.29, 1.82) is 0 Å². The number of unbranched alkanes of at least 4 members (excludes halogenated alkanes) is 3. The number of carbonyl (C=O) groups excluding carboxylic acids is 1. The van der Waals surface area contributed by atoms with E-state index in [1.165, 1.54) is 0 Å². The van der Waals surface area contributed by atoms with Crippen molar-refractivity contribution >= 4 is 6.09 Å². The van der Waals surface area contributed by atoms with Crippen LogP contribution in [0.2, 0.25) is 0 Å². The summed E-state index contributed by atoms with van der Waals surface area (Å²) in [6.45, 7) is 9.04. The zero-order chi connectivity index (χ0) is 28.6. The summed E-state index contributed by atoms with van der Waals surface area (Å²) in [6, 6.07) is 17.5.